The van der Waals surface area contributed by atoms with Gasteiger partial charge in [-0.1, -0.05) is 36.4 Å². The van der Waals surface area contributed by atoms with Crippen LogP contribution in [-0.2, 0) is 10.0 Å². The summed E-state index contributed by atoms with van der Waals surface area (Å²) in [6.07, 6.45) is 0. The number of para-hydroxylation sites is 1. The number of fused-ring (bicyclic) bond motifs is 2. The lowest BCUT2D eigenvalue weighted by Crippen LogP contribution is -2.41. The first kappa shape index (κ1) is 19.5. The molecule has 0 heterocycles. The molecular weight excluding hydrogens is 408 g/mol. The monoisotopic (exact) mass is 422 g/mol. The number of hydrazine groups is 1. The third kappa shape index (κ3) is 3.25. The third-order valence-electron chi connectivity index (χ3n) is 4.65. The summed E-state index contributed by atoms with van der Waals surface area (Å²) in [7, 11) is -4.26. The highest BCUT2D eigenvalue weighted by atomic mass is 32.2. The Morgan fingerprint density at radius 1 is 0.767 bits per heavy atom. The fraction of sp³-hybridized carbons (Fsp3) is 0. The highest BCUT2D eigenvalue weighted by Gasteiger charge is 2.31. The Kier molecular flexibility index (Phi) is 4.69. The Hall–Kier alpha value is -3.82. The number of carbonyl (C=O) groups excluding carboxylic acids is 3. The predicted octanol–water partition coefficient (Wildman–Crippen LogP) is 1.79. The van der Waals surface area contributed by atoms with Gasteiger partial charge in [0, 0.05) is 22.3 Å². The van der Waals surface area contributed by atoms with Crippen LogP contribution in [0.5, 0.6) is 5.75 Å². The second kappa shape index (κ2) is 7.21. The Morgan fingerprint density at radius 3 is 2.00 bits per heavy atom. The molecule has 30 heavy (non-hydrogen) atoms. The van der Waals surface area contributed by atoms with Crippen molar-refractivity contribution >= 4 is 27.5 Å². The lowest BCUT2D eigenvalue weighted by Gasteiger charge is -2.18. The lowest BCUT2D eigenvalue weighted by atomic mass is 9.84. The fourth-order valence-corrected chi connectivity index (χ4v) is 4.02. The van der Waals surface area contributed by atoms with Crippen LogP contribution in [0.25, 0.3) is 0 Å². The van der Waals surface area contributed by atoms with Gasteiger partial charge in [-0.15, -0.1) is 4.83 Å². The van der Waals surface area contributed by atoms with Crippen LogP contribution in [0, 0.1) is 0 Å². The molecule has 0 spiro atoms. The molecule has 8 nitrogen and oxygen atoms in total. The summed E-state index contributed by atoms with van der Waals surface area (Å²) in [6, 6.07) is 15.5. The summed E-state index contributed by atoms with van der Waals surface area (Å²) in [5, 5.41) is 9.69. The van der Waals surface area contributed by atoms with Crippen molar-refractivity contribution in [2.75, 3.05) is 0 Å². The number of amides is 1. The first-order chi connectivity index (χ1) is 14.3. The maximum Gasteiger partial charge on any atom is 0.269 e. The second-order valence-corrected chi connectivity index (χ2v) is 8.17. The largest absolute Gasteiger partial charge is 0.507 e. The molecule has 0 radical (unpaired) electrons. The zero-order valence-corrected chi connectivity index (χ0v) is 16.1. The van der Waals surface area contributed by atoms with Gasteiger partial charge in [0.2, 0.25) is 0 Å². The van der Waals surface area contributed by atoms with Gasteiger partial charge in [-0.2, -0.15) is 0 Å². The van der Waals surface area contributed by atoms with Gasteiger partial charge in [-0.25, -0.2) is 8.42 Å². The van der Waals surface area contributed by atoms with Crippen molar-refractivity contribution in [1.29, 1.82) is 0 Å². The van der Waals surface area contributed by atoms with Crippen molar-refractivity contribution in [3.05, 3.63) is 94.5 Å². The summed E-state index contributed by atoms with van der Waals surface area (Å²) >= 11 is 0. The number of nitrogens with one attached hydrogen (secondary N) is 2. The number of sulfonamides is 1. The summed E-state index contributed by atoms with van der Waals surface area (Å²) in [4.78, 5) is 39.1. The molecule has 0 unspecified atom stereocenters. The minimum atomic E-state index is -4.26. The van der Waals surface area contributed by atoms with E-state index < -0.39 is 21.7 Å². The van der Waals surface area contributed by atoms with Crippen LogP contribution in [-0.4, -0.2) is 31.0 Å². The Morgan fingerprint density at radius 2 is 1.33 bits per heavy atom. The maximum atomic E-state index is 12.8. The average molecular weight is 422 g/mol. The van der Waals surface area contributed by atoms with E-state index in [1.807, 2.05) is 10.3 Å². The fourth-order valence-electron chi connectivity index (χ4n) is 3.15. The molecular formula is C21H14N2O6S. The van der Waals surface area contributed by atoms with E-state index in [1.54, 1.807) is 18.2 Å². The van der Waals surface area contributed by atoms with Gasteiger partial charge < -0.3 is 5.11 Å². The van der Waals surface area contributed by atoms with Crippen LogP contribution < -0.4 is 10.3 Å². The van der Waals surface area contributed by atoms with Crippen molar-refractivity contribution in [2.45, 2.75) is 4.90 Å². The molecule has 0 aromatic heterocycles. The molecule has 0 saturated heterocycles. The van der Waals surface area contributed by atoms with Gasteiger partial charge in [-0.05, 0) is 30.3 Å². The molecule has 1 aliphatic rings. The maximum absolute atomic E-state index is 12.8. The minimum Gasteiger partial charge on any atom is -0.507 e. The number of carbonyl (C=O) groups is 3. The molecule has 3 N–H and O–H groups in total. The van der Waals surface area contributed by atoms with Gasteiger partial charge in [0.25, 0.3) is 15.9 Å². The molecule has 4 rings (SSSR count). The molecule has 0 saturated carbocycles. The van der Waals surface area contributed by atoms with Crippen LogP contribution in [0.15, 0.2) is 71.6 Å². The molecule has 0 atom stereocenters. The molecule has 3 aromatic carbocycles. The van der Waals surface area contributed by atoms with E-state index in [1.165, 1.54) is 42.5 Å². The van der Waals surface area contributed by atoms with Crippen molar-refractivity contribution in [3.8, 4) is 5.75 Å². The van der Waals surface area contributed by atoms with E-state index in [4.69, 9.17) is 0 Å². The SMILES string of the molecule is O=C(NNS(=O)(=O)c1ccc2c(c1)C(=O)c1ccccc1C2=O)c1ccccc1O. The molecule has 1 amide bonds. The van der Waals surface area contributed by atoms with E-state index in [-0.39, 0.29) is 44.2 Å². The zero-order valence-electron chi connectivity index (χ0n) is 15.2. The first-order valence-corrected chi connectivity index (χ1v) is 10.2. The Bertz CT molecular complexity index is 1330. The first-order valence-electron chi connectivity index (χ1n) is 8.72. The number of aromatic hydroxyl groups is 1. The molecule has 3 aromatic rings. The summed E-state index contributed by atoms with van der Waals surface area (Å²) in [6.45, 7) is 0. The topological polar surface area (TPSA) is 130 Å². The van der Waals surface area contributed by atoms with Crippen molar-refractivity contribution < 1.29 is 27.9 Å². The number of benzene rings is 3. The normalized spacial score (nSPS) is 12.8. The van der Waals surface area contributed by atoms with E-state index >= 15 is 0 Å². The molecule has 9 heteroatoms. The molecule has 150 valence electrons. The number of rotatable bonds is 4. The number of phenols is 1. The van der Waals surface area contributed by atoms with Crippen LogP contribution in [0.2, 0.25) is 0 Å². The second-order valence-electron chi connectivity index (χ2n) is 6.49. The highest BCUT2D eigenvalue weighted by molar-refractivity contribution is 7.89. The molecule has 1 aliphatic carbocycles. The molecule has 0 fully saturated rings. The van der Waals surface area contributed by atoms with E-state index in [0.29, 0.717) is 0 Å². The van der Waals surface area contributed by atoms with E-state index in [9.17, 15) is 27.9 Å². The van der Waals surface area contributed by atoms with Crippen LogP contribution in [0.1, 0.15) is 42.2 Å². The number of hydrogen-bond acceptors (Lipinski definition) is 6. The van der Waals surface area contributed by atoms with Crippen molar-refractivity contribution in [3.63, 3.8) is 0 Å². The highest BCUT2D eigenvalue weighted by Crippen LogP contribution is 2.28. The Balaban J connectivity index is 1.62. The number of phenolic OH excluding ortho intramolecular Hbond substituents is 1. The van der Waals surface area contributed by atoms with Crippen molar-refractivity contribution in [2.24, 2.45) is 0 Å². The van der Waals surface area contributed by atoms with E-state index in [2.05, 4.69) is 0 Å². The van der Waals surface area contributed by atoms with Crippen LogP contribution in [0.4, 0.5) is 0 Å². The standard InChI is InChI=1S/C21H14N2O6S/c24-18-8-4-3-7-16(18)21(27)22-23-30(28,29)12-9-10-15-17(11-12)20(26)14-6-2-1-5-13(14)19(15)25/h1-11,23-24H,(H,22,27). The number of hydrogen-bond donors (Lipinski definition) is 3. The van der Waals surface area contributed by atoms with Gasteiger partial charge in [0.05, 0.1) is 10.5 Å². The summed E-state index contributed by atoms with van der Waals surface area (Å²) in [5.74, 6) is -2.01. The summed E-state index contributed by atoms with van der Waals surface area (Å²) in [5.41, 5.74) is 2.42. The smallest absolute Gasteiger partial charge is 0.269 e. The van der Waals surface area contributed by atoms with Crippen LogP contribution in [0.3, 0.4) is 0 Å². The average Bonchev–Trinajstić information content (AvgIpc) is 2.76. The zero-order chi connectivity index (χ0) is 21.5. The van der Waals surface area contributed by atoms with Gasteiger partial charge >= 0.3 is 0 Å². The van der Waals surface area contributed by atoms with Gasteiger partial charge in [0.1, 0.15) is 5.75 Å². The summed E-state index contributed by atoms with van der Waals surface area (Å²) < 4.78 is 25.2. The van der Waals surface area contributed by atoms with Crippen LogP contribution >= 0.6 is 0 Å². The Labute approximate surface area is 171 Å². The van der Waals surface area contributed by atoms with Gasteiger partial charge in [0.15, 0.2) is 11.6 Å². The van der Waals surface area contributed by atoms with Crippen molar-refractivity contribution in [1.82, 2.24) is 10.3 Å². The minimum absolute atomic E-state index is 0.0337. The predicted molar refractivity (Wildman–Crippen MR) is 106 cm³/mol. The quantitative estimate of drug-likeness (QED) is 0.430. The lowest BCUT2D eigenvalue weighted by molar-refractivity contribution is 0.0941. The van der Waals surface area contributed by atoms with Gasteiger partial charge in [-0.3, -0.25) is 19.8 Å². The third-order valence-corrected chi connectivity index (χ3v) is 5.90. The molecule has 0 aliphatic heterocycles. The molecule has 0 bridgehead atoms. The number of ketones is 2. The van der Waals surface area contributed by atoms with E-state index in [0.717, 1.165) is 6.07 Å².